The highest BCUT2D eigenvalue weighted by molar-refractivity contribution is 8.18. The van der Waals surface area contributed by atoms with E-state index in [0.717, 1.165) is 46.1 Å². The minimum absolute atomic E-state index is 0.203. The largest absolute Gasteiger partial charge is 0.493 e. The second-order valence-corrected chi connectivity index (χ2v) is 12.8. The van der Waals surface area contributed by atoms with Gasteiger partial charge in [0, 0.05) is 6.42 Å². The van der Waals surface area contributed by atoms with Crippen LogP contribution in [0, 0.1) is 0 Å². The van der Waals surface area contributed by atoms with Gasteiger partial charge in [-0.2, -0.15) is 0 Å². The van der Waals surface area contributed by atoms with Crippen LogP contribution in [0.3, 0.4) is 0 Å². The summed E-state index contributed by atoms with van der Waals surface area (Å²) < 4.78 is 29.4. The second-order valence-electron chi connectivity index (χ2n) is 9.72. The first-order valence-electron chi connectivity index (χ1n) is 13.7. The molecule has 1 aliphatic rings. The van der Waals surface area contributed by atoms with Gasteiger partial charge in [-0.25, -0.2) is 0 Å². The van der Waals surface area contributed by atoms with Crippen molar-refractivity contribution in [2.45, 2.75) is 30.1 Å². The van der Waals surface area contributed by atoms with Crippen molar-refractivity contribution in [3.05, 3.63) is 113 Å². The van der Waals surface area contributed by atoms with Crippen molar-refractivity contribution in [2.75, 3.05) is 32.8 Å². The van der Waals surface area contributed by atoms with E-state index < -0.39 is 0 Å². The molecule has 1 saturated heterocycles. The van der Waals surface area contributed by atoms with Crippen molar-refractivity contribution in [2.24, 2.45) is 0 Å². The number of methoxy groups -OCH3 is 3. The minimum Gasteiger partial charge on any atom is -0.493 e. The number of thioether (sulfide) groups is 2. The Bertz CT molecular complexity index is 1380. The standard InChI is InChI=1S/C34H36O5S2/c1-35-31-19-27(20-32(36-2)33(31)37-3)22-34(40-17-10-18-41-34)28-15-16-29(38-23-25-11-6-4-7-12-25)30(21-28)39-24-26-13-8-5-9-14-26/h4-9,11-16,19-21H,10,17-18,22-24H2,1-3H3. The van der Waals surface area contributed by atoms with Crippen LogP contribution < -0.4 is 23.7 Å². The van der Waals surface area contributed by atoms with E-state index >= 15 is 0 Å². The van der Waals surface area contributed by atoms with E-state index in [1.54, 1.807) is 21.3 Å². The lowest BCUT2D eigenvalue weighted by atomic mass is 10.0. The van der Waals surface area contributed by atoms with Gasteiger partial charge in [-0.3, -0.25) is 0 Å². The molecule has 0 bridgehead atoms. The Hall–Kier alpha value is -3.42. The highest BCUT2D eigenvalue weighted by Gasteiger charge is 2.37. The van der Waals surface area contributed by atoms with Crippen LogP contribution in [0.15, 0.2) is 91.0 Å². The zero-order valence-corrected chi connectivity index (χ0v) is 25.4. The molecule has 0 radical (unpaired) electrons. The van der Waals surface area contributed by atoms with Crippen LogP contribution >= 0.6 is 23.5 Å². The van der Waals surface area contributed by atoms with Crippen LogP contribution in [0.25, 0.3) is 0 Å². The van der Waals surface area contributed by atoms with Crippen molar-refractivity contribution in [3.63, 3.8) is 0 Å². The Morgan fingerprint density at radius 1 is 0.585 bits per heavy atom. The van der Waals surface area contributed by atoms with Gasteiger partial charge in [0.2, 0.25) is 5.75 Å². The molecule has 0 spiro atoms. The number of ether oxygens (including phenoxy) is 5. The molecular formula is C34H36O5S2. The molecule has 1 fully saturated rings. The Balaban J connectivity index is 1.49. The summed E-state index contributed by atoms with van der Waals surface area (Å²) in [6, 6.07) is 31.0. The van der Waals surface area contributed by atoms with E-state index in [9.17, 15) is 0 Å². The first-order chi connectivity index (χ1) is 20.1. The Morgan fingerprint density at radius 3 is 1.68 bits per heavy atom. The highest BCUT2D eigenvalue weighted by atomic mass is 32.2. The quantitative estimate of drug-likeness (QED) is 0.166. The van der Waals surface area contributed by atoms with Crippen molar-refractivity contribution in [1.29, 1.82) is 0 Å². The SMILES string of the molecule is COc1cc(CC2(c3ccc(OCc4ccccc4)c(OCc4ccccc4)c3)SCCCS2)cc(OC)c1OC. The van der Waals surface area contributed by atoms with E-state index in [1.807, 2.05) is 59.9 Å². The van der Waals surface area contributed by atoms with E-state index in [-0.39, 0.29) is 4.08 Å². The number of hydrogen-bond donors (Lipinski definition) is 0. The van der Waals surface area contributed by atoms with Crippen LogP contribution in [-0.4, -0.2) is 32.8 Å². The van der Waals surface area contributed by atoms with Gasteiger partial charge in [-0.1, -0.05) is 66.7 Å². The van der Waals surface area contributed by atoms with Crippen LogP contribution in [0.5, 0.6) is 28.7 Å². The molecule has 0 unspecified atom stereocenters. The fourth-order valence-electron chi connectivity index (χ4n) is 4.90. The minimum atomic E-state index is -0.203. The number of hydrogen-bond acceptors (Lipinski definition) is 7. The average molecular weight is 589 g/mol. The molecule has 5 rings (SSSR count). The molecule has 0 atom stereocenters. The molecule has 5 nitrogen and oxygen atoms in total. The summed E-state index contributed by atoms with van der Waals surface area (Å²) in [4.78, 5) is 0. The Labute approximate surface area is 251 Å². The van der Waals surface area contributed by atoms with Gasteiger partial charge in [0.05, 0.1) is 25.4 Å². The van der Waals surface area contributed by atoms with Crippen LogP contribution in [-0.2, 0) is 23.7 Å². The van der Waals surface area contributed by atoms with E-state index in [2.05, 4.69) is 54.6 Å². The summed E-state index contributed by atoms with van der Waals surface area (Å²) in [5.41, 5.74) is 4.55. The van der Waals surface area contributed by atoms with Gasteiger partial charge in [-0.15, -0.1) is 23.5 Å². The zero-order valence-electron chi connectivity index (χ0n) is 23.8. The van der Waals surface area contributed by atoms with E-state index in [0.29, 0.717) is 30.5 Å². The normalized spacial score (nSPS) is 14.2. The molecule has 1 aliphatic heterocycles. The third-order valence-electron chi connectivity index (χ3n) is 6.98. The molecule has 0 aliphatic carbocycles. The van der Waals surface area contributed by atoms with Gasteiger partial charge in [-0.05, 0) is 64.4 Å². The van der Waals surface area contributed by atoms with Gasteiger partial charge in [0.15, 0.2) is 23.0 Å². The third-order valence-corrected chi connectivity index (χ3v) is 10.4. The number of benzene rings is 4. The maximum Gasteiger partial charge on any atom is 0.203 e. The van der Waals surface area contributed by atoms with Crippen molar-refractivity contribution in [3.8, 4) is 28.7 Å². The van der Waals surface area contributed by atoms with Crippen molar-refractivity contribution < 1.29 is 23.7 Å². The molecule has 0 N–H and O–H groups in total. The Morgan fingerprint density at radius 2 is 1.15 bits per heavy atom. The lowest BCUT2D eigenvalue weighted by Crippen LogP contribution is -2.26. The number of rotatable bonds is 12. The summed E-state index contributed by atoms with van der Waals surface area (Å²) in [5.74, 6) is 5.60. The molecule has 1 heterocycles. The van der Waals surface area contributed by atoms with Crippen LogP contribution in [0.4, 0.5) is 0 Å². The molecule has 0 aromatic heterocycles. The monoisotopic (exact) mass is 588 g/mol. The molecule has 0 amide bonds. The maximum atomic E-state index is 6.44. The van der Waals surface area contributed by atoms with Gasteiger partial charge < -0.3 is 23.7 Å². The van der Waals surface area contributed by atoms with E-state index in [1.165, 1.54) is 12.0 Å². The Kier molecular flexibility index (Phi) is 9.91. The van der Waals surface area contributed by atoms with Crippen molar-refractivity contribution >= 4 is 23.5 Å². The topological polar surface area (TPSA) is 46.2 Å². The van der Waals surface area contributed by atoms with Crippen LogP contribution in [0.2, 0.25) is 0 Å². The molecular weight excluding hydrogens is 553 g/mol. The molecule has 214 valence electrons. The lowest BCUT2D eigenvalue weighted by molar-refractivity contribution is 0.255. The molecule has 4 aromatic rings. The molecule has 0 saturated carbocycles. The zero-order chi connectivity index (χ0) is 28.5. The smallest absolute Gasteiger partial charge is 0.203 e. The van der Waals surface area contributed by atoms with Gasteiger partial charge in [0.25, 0.3) is 0 Å². The predicted molar refractivity (Wildman–Crippen MR) is 169 cm³/mol. The summed E-state index contributed by atoms with van der Waals surface area (Å²) in [6.07, 6.45) is 1.98. The van der Waals surface area contributed by atoms with Crippen molar-refractivity contribution in [1.82, 2.24) is 0 Å². The van der Waals surface area contributed by atoms with E-state index in [4.69, 9.17) is 23.7 Å². The summed E-state index contributed by atoms with van der Waals surface area (Å²) in [5, 5.41) is 0. The van der Waals surface area contributed by atoms with Gasteiger partial charge >= 0.3 is 0 Å². The molecule has 7 heteroatoms. The second kappa shape index (κ2) is 14.0. The fourth-order valence-corrected chi connectivity index (χ4v) is 8.28. The summed E-state index contributed by atoms with van der Waals surface area (Å²) in [7, 11) is 4.95. The van der Waals surface area contributed by atoms with Crippen LogP contribution in [0.1, 0.15) is 28.7 Å². The predicted octanol–water partition coefficient (Wildman–Crippen LogP) is 8.14. The fraction of sp³-hybridized carbons (Fsp3) is 0.294. The molecule has 41 heavy (non-hydrogen) atoms. The molecule has 4 aromatic carbocycles. The summed E-state index contributed by atoms with van der Waals surface area (Å²) in [6.45, 7) is 0.939. The average Bonchev–Trinajstić information content (AvgIpc) is 3.03. The highest BCUT2D eigenvalue weighted by Crippen LogP contribution is 2.54. The lowest BCUT2D eigenvalue weighted by Gasteiger charge is -2.37. The summed E-state index contributed by atoms with van der Waals surface area (Å²) >= 11 is 3.98. The van der Waals surface area contributed by atoms with Gasteiger partial charge in [0.1, 0.15) is 13.2 Å². The third kappa shape index (κ3) is 7.08. The maximum absolute atomic E-state index is 6.44. The first kappa shape index (κ1) is 29.1. The first-order valence-corrected chi connectivity index (χ1v) is 15.7.